The van der Waals surface area contributed by atoms with E-state index in [2.05, 4.69) is 17.7 Å². The van der Waals surface area contributed by atoms with Crippen LogP contribution in [-0.2, 0) is 0 Å². The second-order valence-electron chi connectivity index (χ2n) is 3.37. The lowest BCUT2D eigenvalue weighted by atomic mass is 10.0. The van der Waals surface area contributed by atoms with Crippen molar-refractivity contribution < 1.29 is 0 Å². The highest BCUT2D eigenvalue weighted by Gasteiger charge is 2.30. The van der Waals surface area contributed by atoms with Gasteiger partial charge >= 0.3 is 0 Å². The molecule has 1 saturated carbocycles. The van der Waals surface area contributed by atoms with Crippen molar-refractivity contribution in [2.24, 2.45) is 11.7 Å². The third-order valence-electron chi connectivity index (χ3n) is 2.38. The summed E-state index contributed by atoms with van der Waals surface area (Å²) in [5.74, 6) is 0.781. The lowest BCUT2D eigenvalue weighted by Gasteiger charge is -2.08. The van der Waals surface area contributed by atoms with Gasteiger partial charge in [-0.3, -0.25) is 0 Å². The van der Waals surface area contributed by atoms with Crippen LogP contribution >= 0.6 is 11.3 Å². The molecule has 1 aromatic rings. The molecule has 0 spiro atoms. The molecule has 1 fully saturated rings. The maximum atomic E-state index is 6.05. The molecule has 1 aromatic heterocycles. The average molecular weight is 167 g/mol. The number of aryl methyl sites for hydroxylation is 1. The second-order valence-corrected chi connectivity index (χ2v) is 4.12. The van der Waals surface area contributed by atoms with Gasteiger partial charge in [-0.25, -0.2) is 0 Å². The van der Waals surface area contributed by atoms with E-state index in [0.717, 1.165) is 5.92 Å². The standard InChI is InChI=1S/C9H13NS/c1-6-4-11-5-8(6)9(10)7-2-3-7/h4-5,7,9H,2-3,10H2,1H3. The van der Waals surface area contributed by atoms with Gasteiger partial charge in [0.1, 0.15) is 0 Å². The molecule has 1 heterocycles. The Bertz CT molecular complexity index is 250. The minimum atomic E-state index is 0.321. The van der Waals surface area contributed by atoms with Crippen molar-refractivity contribution in [3.8, 4) is 0 Å². The van der Waals surface area contributed by atoms with Crippen molar-refractivity contribution in [3.05, 3.63) is 21.9 Å². The van der Waals surface area contributed by atoms with Gasteiger partial charge in [0.2, 0.25) is 0 Å². The molecule has 60 valence electrons. The van der Waals surface area contributed by atoms with Crippen LogP contribution in [0.25, 0.3) is 0 Å². The first kappa shape index (κ1) is 7.32. The molecule has 1 atom stereocenters. The van der Waals surface area contributed by atoms with Gasteiger partial charge in [0.15, 0.2) is 0 Å². The molecule has 2 heteroatoms. The Balaban J connectivity index is 2.20. The summed E-state index contributed by atoms with van der Waals surface area (Å²) in [5, 5.41) is 4.37. The zero-order valence-electron chi connectivity index (χ0n) is 6.71. The van der Waals surface area contributed by atoms with E-state index in [9.17, 15) is 0 Å². The van der Waals surface area contributed by atoms with E-state index in [4.69, 9.17) is 5.73 Å². The molecular formula is C9H13NS. The lowest BCUT2D eigenvalue weighted by molar-refractivity contribution is 0.632. The molecule has 0 aromatic carbocycles. The first-order valence-electron chi connectivity index (χ1n) is 4.07. The molecule has 11 heavy (non-hydrogen) atoms. The number of rotatable bonds is 2. The van der Waals surface area contributed by atoms with Gasteiger partial charge in [-0.05, 0) is 47.6 Å². The van der Waals surface area contributed by atoms with E-state index in [-0.39, 0.29) is 0 Å². The molecule has 0 bridgehead atoms. The molecule has 1 aliphatic rings. The van der Waals surface area contributed by atoms with Crippen molar-refractivity contribution in [2.75, 3.05) is 0 Å². The van der Waals surface area contributed by atoms with E-state index < -0.39 is 0 Å². The van der Waals surface area contributed by atoms with Crippen molar-refractivity contribution in [3.63, 3.8) is 0 Å². The van der Waals surface area contributed by atoms with Crippen LogP contribution in [0.1, 0.15) is 30.0 Å². The third-order valence-corrected chi connectivity index (χ3v) is 3.26. The summed E-state index contributed by atoms with van der Waals surface area (Å²) in [5.41, 5.74) is 8.79. The highest BCUT2D eigenvalue weighted by Crippen LogP contribution is 2.40. The van der Waals surface area contributed by atoms with Gasteiger partial charge in [-0.15, -0.1) is 0 Å². The normalized spacial score (nSPS) is 20.2. The Morgan fingerprint density at radius 1 is 1.55 bits per heavy atom. The average Bonchev–Trinajstić information content (AvgIpc) is 2.74. The van der Waals surface area contributed by atoms with Gasteiger partial charge in [-0.2, -0.15) is 11.3 Å². The SMILES string of the molecule is Cc1cscc1C(N)C1CC1. The van der Waals surface area contributed by atoms with E-state index in [1.165, 1.54) is 24.0 Å². The highest BCUT2D eigenvalue weighted by atomic mass is 32.1. The van der Waals surface area contributed by atoms with E-state index in [1.807, 2.05) is 0 Å². The Labute approximate surface area is 71.2 Å². The maximum absolute atomic E-state index is 6.05. The van der Waals surface area contributed by atoms with Crippen LogP contribution in [0.4, 0.5) is 0 Å². The highest BCUT2D eigenvalue weighted by molar-refractivity contribution is 7.08. The molecule has 0 radical (unpaired) electrons. The molecule has 2 rings (SSSR count). The zero-order chi connectivity index (χ0) is 7.84. The van der Waals surface area contributed by atoms with Crippen molar-refractivity contribution in [1.82, 2.24) is 0 Å². The van der Waals surface area contributed by atoms with Gasteiger partial charge in [0, 0.05) is 6.04 Å². The first-order valence-corrected chi connectivity index (χ1v) is 5.01. The molecule has 0 aliphatic heterocycles. The molecule has 1 unspecified atom stereocenters. The largest absolute Gasteiger partial charge is 0.324 e. The van der Waals surface area contributed by atoms with Gasteiger partial charge in [0.05, 0.1) is 0 Å². The Hall–Kier alpha value is -0.340. The fourth-order valence-corrected chi connectivity index (χ4v) is 2.32. The van der Waals surface area contributed by atoms with Crippen LogP contribution < -0.4 is 5.73 Å². The van der Waals surface area contributed by atoms with Crippen molar-refractivity contribution >= 4 is 11.3 Å². The Morgan fingerprint density at radius 3 is 2.73 bits per heavy atom. The minimum absolute atomic E-state index is 0.321. The molecule has 1 nitrogen and oxygen atoms in total. The molecule has 0 amide bonds. The molecule has 1 aliphatic carbocycles. The van der Waals surface area contributed by atoms with Crippen LogP contribution in [0.3, 0.4) is 0 Å². The summed E-state index contributed by atoms with van der Waals surface area (Å²) in [7, 11) is 0. The van der Waals surface area contributed by atoms with Crippen molar-refractivity contribution in [1.29, 1.82) is 0 Å². The van der Waals surface area contributed by atoms with E-state index in [1.54, 1.807) is 11.3 Å². The van der Waals surface area contributed by atoms with Gasteiger partial charge < -0.3 is 5.73 Å². The van der Waals surface area contributed by atoms with Gasteiger partial charge in [0.25, 0.3) is 0 Å². The van der Waals surface area contributed by atoms with Crippen LogP contribution in [0, 0.1) is 12.8 Å². The summed E-state index contributed by atoms with van der Waals surface area (Å²) in [4.78, 5) is 0. The minimum Gasteiger partial charge on any atom is -0.324 e. The Morgan fingerprint density at radius 2 is 2.27 bits per heavy atom. The fraction of sp³-hybridized carbons (Fsp3) is 0.556. The van der Waals surface area contributed by atoms with Crippen LogP contribution in [0.5, 0.6) is 0 Å². The Kier molecular flexibility index (Phi) is 1.74. The predicted molar refractivity (Wildman–Crippen MR) is 48.7 cm³/mol. The first-order chi connectivity index (χ1) is 5.29. The van der Waals surface area contributed by atoms with E-state index in [0.29, 0.717) is 6.04 Å². The quantitative estimate of drug-likeness (QED) is 0.719. The second kappa shape index (κ2) is 2.61. The molecular weight excluding hydrogens is 154 g/mol. The predicted octanol–water partition coefficient (Wildman–Crippen LogP) is 2.47. The molecule has 0 saturated heterocycles. The van der Waals surface area contributed by atoms with E-state index >= 15 is 0 Å². The zero-order valence-corrected chi connectivity index (χ0v) is 7.53. The van der Waals surface area contributed by atoms with Crippen molar-refractivity contribution in [2.45, 2.75) is 25.8 Å². The fourth-order valence-electron chi connectivity index (χ4n) is 1.42. The monoisotopic (exact) mass is 167 g/mol. The smallest absolute Gasteiger partial charge is 0.0334 e. The summed E-state index contributed by atoms with van der Waals surface area (Å²) < 4.78 is 0. The number of hydrogen-bond acceptors (Lipinski definition) is 2. The summed E-state index contributed by atoms with van der Waals surface area (Å²) >= 11 is 1.76. The summed E-state index contributed by atoms with van der Waals surface area (Å²) in [6.45, 7) is 2.15. The molecule has 2 N–H and O–H groups in total. The summed E-state index contributed by atoms with van der Waals surface area (Å²) in [6, 6.07) is 0.321. The number of nitrogens with two attached hydrogens (primary N) is 1. The van der Waals surface area contributed by atoms with Crippen LogP contribution in [0.15, 0.2) is 10.8 Å². The summed E-state index contributed by atoms with van der Waals surface area (Å²) in [6.07, 6.45) is 2.66. The topological polar surface area (TPSA) is 26.0 Å². The maximum Gasteiger partial charge on any atom is 0.0334 e. The van der Waals surface area contributed by atoms with Crippen LogP contribution in [0.2, 0.25) is 0 Å². The number of thiophene rings is 1. The lowest BCUT2D eigenvalue weighted by Crippen LogP contribution is -2.12. The van der Waals surface area contributed by atoms with Gasteiger partial charge in [-0.1, -0.05) is 0 Å². The third kappa shape index (κ3) is 1.33. The number of hydrogen-bond donors (Lipinski definition) is 1. The van der Waals surface area contributed by atoms with Crippen LogP contribution in [-0.4, -0.2) is 0 Å².